The second-order valence-corrected chi connectivity index (χ2v) is 4.77. The molecule has 7 nitrogen and oxygen atoms in total. The molecule has 0 saturated carbocycles. The minimum absolute atomic E-state index is 0.0848. The van der Waals surface area contributed by atoms with Crippen LogP contribution in [-0.2, 0) is 29.1 Å². The van der Waals surface area contributed by atoms with Crippen LogP contribution in [0.4, 0.5) is 0 Å². The molecule has 19 heavy (non-hydrogen) atoms. The van der Waals surface area contributed by atoms with Crippen LogP contribution < -0.4 is 5.73 Å². The zero-order chi connectivity index (χ0) is 13.8. The number of amides is 1. The zero-order valence-corrected chi connectivity index (χ0v) is 10.7. The summed E-state index contributed by atoms with van der Waals surface area (Å²) in [6, 6.07) is 1.92. The Bertz CT molecular complexity index is 483. The fourth-order valence-corrected chi connectivity index (χ4v) is 2.30. The van der Waals surface area contributed by atoms with Gasteiger partial charge < -0.3 is 10.8 Å². The van der Waals surface area contributed by atoms with Gasteiger partial charge in [0.2, 0.25) is 5.91 Å². The molecule has 2 heterocycles. The van der Waals surface area contributed by atoms with Gasteiger partial charge in [0.25, 0.3) is 0 Å². The maximum Gasteiger partial charge on any atom is 0.303 e. The maximum atomic E-state index is 11.0. The summed E-state index contributed by atoms with van der Waals surface area (Å²) >= 11 is 0. The molecule has 0 aliphatic carbocycles. The summed E-state index contributed by atoms with van der Waals surface area (Å²) in [5.41, 5.74) is 7.02. The van der Waals surface area contributed by atoms with Gasteiger partial charge >= 0.3 is 5.97 Å². The third kappa shape index (κ3) is 3.78. The number of nitrogens with zero attached hydrogens (tertiary/aromatic N) is 3. The highest BCUT2D eigenvalue weighted by Gasteiger charge is 2.17. The average molecular weight is 266 g/mol. The van der Waals surface area contributed by atoms with Gasteiger partial charge in [-0.05, 0) is 12.5 Å². The van der Waals surface area contributed by atoms with E-state index in [2.05, 4.69) is 5.10 Å². The maximum absolute atomic E-state index is 11.0. The summed E-state index contributed by atoms with van der Waals surface area (Å²) in [6.07, 6.45) is 1.42. The number of carbonyl (C=O) groups is 2. The number of nitrogens with two attached hydrogens (primary N) is 1. The number of fused-ring (bicyclic) bond motifs is 1. The minimum atomic E-state index is -0.821. The van der Waals surface area contributed by atoms with Crippen molar-refractivity contribution >= 4 is 11.9 Å². The molecule has 0 spiro atoms. The van der Waals surface area contributed by atoms with Crippen molar-refractivity contribution < 1.29 is 14.7 Å². The molecular weight excluding hydrogens is 248 g/mol. The van der Waals surface area contributed by atoms with Crippen LogP contribution in [-0.4, -0.2) is 44.8 Å². The number of aryl methyl sites for hydroxylation is 2. The van der Waals surface area contributed by atoms with Crippen LogP contribution in [0.15, 0.2) is 6.07 Å². The number of rotatable bonds is 5. The van der Waals surface area contributed by atoms with E-state index in [-0.39, 0.29) is 18.9 Å². The fourth-order valence-electron chi connectivity index (χ4n) is 2.30. The van der Waals surface area contributed by atoms with Crippen molar-refractivity contribution in [1.29, 1.82) is 0 Å². The van der Waals surface area contributed by atoms with Crippen molar-refractivity contribution in [3.63, 3.8) is 0 Å². The van der Waals surface area contributed by atoms with Gasteiger partial charge in [-0.2, -0.15) is 5.10 Å². The van der Waals surface area contributed by atoms with Crippen molar-refractivity contribution in [2.24, 2.45) is 5.73 Å². The SMILES string of the molecule is NC(=O)CN1CCCn2nc(CCC(=O)O)cc2C1. The van der Waals surface area contributed by atoms with E-state index in [9.17, 15) is 9.59 Å². The van der Waals surface area contributed by atoms with E-state index in [1.807, 2.05) is 15.6 Å². The number of hydrogen-bond acceptors (Lipinski definition) is 4. The molecule has 0 atom stereocenters. The molecule has 1 aromatic rings. The summed E-state index contributed by atoms with van der Waals surface area (Å²) in [4.78, 5) is 23.5. The van der Waals surface area contributed by atoms with Crippen LogP contribution in [0.3, 0.4) is 0 Å². The number of primary amides is 1. The van der Waals surface area contributed by atoms with Gasteiger partial charge in [0.15, 0.2) is 0 Å². The van der Waals surface area contributed by atoms with Crippen molar-refractivity contribution in [3.8, 4) is 0 Å². The molecule has 1 aliphatic heterocycles. The Morgan fingerprint density at radius 1 is 1.42 bits per heavy atom. The van der Waals surface area contributed by atoms with Crippen LogP contribution in [0, 0.1) is 0 Å². The van der Waals surface area contributed by atoms with Crippen LogP contribution in [0.25, 0.3) is 0 Å². The molecule has 0 radical (unpaired) electrons. The zero-order valence-electron chi connectivity index (χ0n) is 10.7. The average Bonchev–Trinajstić information content (AvgIpc) is 2.59. The molecule has 2 rings (SSSR count). The fraction of sp³-hybridized carbons (Fsp3) is 0.583. The summed E-state index contributed by atoms with van der Waals surface area (Å²) < 4.78 is 1.90. The Morgan fingerprint density at radius 3 is 2.89 bits per heavy atom. The van der Waals surface area contributed by atoms with E-state index in [1.54, 1.807) is 0 Å². The van der Waals surface area contributed by atoms with E-state index >= 15 is 0 Å². The summed E-state index contributed by atoms with van der Waals surface area (Å²) in [5, 5.41) is 13.1. The number of carboxylic acids is 1. The Hall–Kier alpha value is -1.89. The Labute approximate surface area is 111 Å². The Kier molecular flexibility index (Phi) is 4.16. The highest BCUT2D eigenvalue weighted by Crippen LogP contribution is 2.14. The standard InChI is InChI=1S/C12H18N4O3/c13-11(17)8-15-4-1-5-16-10(7-15)6-9(14-16)2-3-12(18)19/h6H,1-5,7-8H2,(H2,13,17)(H,18,19). The van der Waals surface area contributed by atoms with Gasteiger partial charge in [0.05, 0.1) is 24.4 Å². The lowest BCUT2D eigenvalue weighted by molar-refractivity contribution is -0.137. The first kappa shape index (κ1) is 13.5. The summed E-state index contributed by atoms with van der Waals surface area (Å²) in [7, 11) is 0. The molecular formula is C12H18N4O3. The molecule has 0 unspecified atom stereocenters. The molecule has 0 saturated heterocycles. The normalized spacial score (nSPS) is 15.8. The van der Waals surface area contributed by atoms with Gasteiger partial charge in [-0.25, -0.2) is 0 Å². The number of carboxylic acid groups (broad SMARTS) is 1. The van der Waals surface area contributed by atoms with Crippen molar-refractivity contribution in [2.75, 3.05) is 13.1 Å². The predicted molar refractivity (Wildman–Crippen MR) is 67.3 cm³/mol. The van der Waals surface area contributed by atoms with Crippen molar-refractivity contribution in [2.45, 2.75) is 32.4 Å². The smallest absolute Gasteiger partial charge is 0.303 e. The monoisotopic (exact) mass is 266 g/mol. The van der Waals surface area contributed by atoms with Crippen molar-refractivity contribution in [1.82, 2.24) is 14.7 Å². The van der Waals surface area contributed by atoms with E-state index in [0.29, 0.717) is 13.0 Å². The van der Waals surface area contributed by atoms with Crippen LogP contribution in [0.1, 0.15) is 24.2 Å². The highest BCUT2D eigenvalue weighted by molar-refractivity contribution is 5.75. The summed E-state index contributed by atoms with van der Waals surface area (Å²) in [6.45, 7) is 2.48. The van der Waals surface area contributed by atoms with E-state index in [1.165, 1.54) is 0 Å². The summed E-state index contributed by atoms with van der Waals surface area (Å²) in [5.74, 6) is -1.15. The van der Waals surface area contributed by atoms with E-state index in [0.717, 1.165) is 30.9 Å². The van der Waals surface area contributed by atoms with Gasteiger partial charge in [0, 0.05) is 26.1 Å². The molecule has 0 fully saturated rings. The molecule has 0 aromatic carbocycles. The molecule has 1 amide bonds. The lowest BCUT2D eigenvalue weighted by Gasteiger charge is -2.16. The molecule has 0 bridgehead atoms. The Morgan fingerprint density at radius 2 is 2.21 bits per heavy atom. The quantitative estimate of drug-likeness (QED) is 0.754. The molecule has 7 heteroatoms. The van der Waals surface area contributed by atoms with Crippen LogP contribution in [0.2, 0.25) is 0 Å². The molecule has 1 aromatic heterocycles. The Balaban J connectivity index is 2.04. The molecule has 104 valence electrons. The topological polar surface area (TPSA) is 101 Å². The first-order valence-electron chi connectivity index (χ1n) is 6.32. The van der Waals surface area contributed by atoms with Gasteiger partial charge in [-0.1, -0.05) is 0 Å². The number of aromatic nitrogens is 2. The second kappa shape index (κ2) is 5.83. The lowest BCUT2D eigenvalue weighted by atomic mass is 10.2. The van der Waals surface area contributed by atoms with Crippen LogP contribution in [0.5, 0.6) is 0 Å². The van der Waals surface area contributed by atoms with Crippen molar-refractivity contribution in [3.05, 3.63) is 17.5 Å². The molecule has 1 aliphatic rings. The number of aliphatic carboxylic acids is 1. The van der Waals surface area contributed by atoms with E-state index in [4.69, 9.17) is 10.8 Å². The molecule has 3 N–H and O–H groups in total. The van der Waals surface area contributed by atoms with Crippen LogP contribution >= 0.6 is 0 Å². The first-order valence-corrected chi connectivity index (χ1v) is 6.32. The second-order valence-electron chi connectivity index (χ2n) is 4.77. The van der Waals surface area contributed by atoms with Gasteiger partial charge in [0.1, 0.15) is 0 Å². The van der Waals surface area contributed by atoms with E-state index < -0.39 is 5.97 Å². The van der Waals surface area contributed by atoms with Gasteiger partial charge in [-0.15, -0.1) is 0 Å². The highest BCUT2D eigenvalue weighted by atomic mass is 16.4. The minimum Gasteiger partial charge on any atom is -0.481 e. The first-order chi connectivity index (χ1) is 9.04. The predicted octanol–water partition coefficient (Wildman–Crippen LogP) is -0.409. The number of hydrogen-bond donors (Lipinski definition) is 2. The third-order valence-corrected chi connectivity index (χ3v) is 3.12. The van der Waals surface area contributed by atoms with Gasteiger partial charge in [-0.3, -0.25) is 19.2 Å². The third-order valence-electron chi connectivity index (χ3n) is 3.12. The number of carbonyl (C=O) groups excluding carboxylic acids is 1. The lowest BCUT2D eigenvalue weighted by Crippen LogP contribution is -2.33. The largest absolute Gasteiger partial charge is 0.481 e.